The average Bonchev–Trinajstić information content (AvgIpc) is 2.27. The van der Waals surface area contributed by atoms with Crippen LogP contribution in [0.25, 0.3) is 0 Å². The number of hydrogen-bond donors (Lipinski definition) is 0. The van der Waals surface area contributed by atoms with Crippen LogP contribution < -0.4 is 4.90 Å². The molecule has 0 amide bonds. The number of ketones is 1. The molecule has 4 nitrogen and oxygen atoms in total. The molecule has 0 aliphatic rings. The topological polar surface area (TPSA) is 46.6 Å². The van der Waals surface area contributed by atoms with Gasteiger partial charge in [-0.1, -0.05) is 11.6 Å². The van der Waals surface area contributed by atoms with E-state index in [1.807, 2.05) is 0 Å². The molecule has 1 aromatic rings. The first-order chi connectivity index (χ1) is 7.93. The predicted octanol–water partition coefficient (Wildman–Crippen LogP) is 2.15. The zero-order valence-electron chi connectivity index (χ0n) is 9.99. The number of carbonyl (C=O) groups is 2. The van der Waals surface area contributed by atoms with E-state index in [2.05, 4.69) is 4.74 Å². The van der Waals surface area contributed by atoms with E-state index in [1.54, 1.807) is 30.1 Å². The minimum atomic E-state index is -0.350. The highest BCUT2D eigenvalue weighted by molar-refractivity contribution is 6.31. The van der Waals surface area contributed by atoms with E-state index in [0.717, 1.165) is 0 Å². The number of ether oxygens (including phenoxy) is 1. The first-order valence-electron chi connectivity index (χ1n) is 5.03. The summed E-state index contributed by atoms with van der Waals surface area (Å²) in [5, 5.41) is 0.462. The molecule has 5 heteroatoms. The summed E-state index contributed by atoms with van der Waals surface area (Å²) in [6, 6.07) is 4.98. The van der Waals surface area contributed by atoms with Gasteiger partial charge in [0.25, 0.3) is 0 Å². The van der Waals surface area contributed by atoms with E-state index in [0.29, 0.717) is 16.3 Å². The first kappa shape index (κ1) is 13.5. The molecule has 0 aliphatic heterocycles. The number of esters is 1. The Morgan fingerprint density at radius 3 is 2.53 bits per heavy atom. The van der Waals surface area contributed by atoms with Crippen LogP contribution in [-0.4, -0.2) is 32.5 Å². The standard InChI is InChI=1S/C12H14ClNO3/c1-8(15)9-4-10(13)6-11(5-9)14(2)7-12(16)17-3/h4-6H,7H2,1-3H3. The summed E-state index contributed by atoms with van der Waals surface area (Å²) in [6.07, 6.45) is 0. The molecular formula is C12H14ClNO3. The highest BCUT2D eigenvalue weighted by Gasteiger charge is 2.10. The molecule has 0 fully saturated rings. The van der Waals surface area contributed by atoms with Crippen molar-refractivity contribution < 1.29 is 14.3 Å². The van der Waals surface area contributed by atoms with Crippen molar-refractivity contribution in [3.8, 4) is 0 Å². The van der Waals surface area contributed by atoms with Gasteiger partial charge in [-0.2, -0.15) is 0 Å². The molecule has 0 N–H and O–H groups in total. The molecule has 92 valence electrons. The van der Waals surface area contributed by atoms with Crippen molar-refractivity contribution >= 4 is 29.0 Å². The van der Waals surface area contributed by atoms with Crippen LogP contribution in [0.15, 0.2) is 18.2 Å². The maximum Gasteiger partial charge on any atom is 0.325 e. The number of rotatable bonds is 4. The van der Waals surface area contributed by atoms with E-state index in [4.69, 9.17) is 11.6 Å². The maximum absolute atomic E-state index is 11.3. The van der Waals surface area contributed by atoms with Gasteiger partial charge in [-0.15, -0.1) is 0 Å². The molecule has 1 rings (SSSR count). The van der Waals surface area contributed by atoms with E-state index >= 15 is 0 Å². The monoisotopic (exact) mass is 255 g/mol. The third-order valence-electron chi connectivity index (χ3n) is 2.32. The van der Waals surface area contributed by atoms with Gasteiger partial charge in [-0.25, -0.2) is 0 Å². The molecule has 0 saturated heterocycles. The quantitative estimate of drug-likeness (QED) is 0.611. The van der Waals surface area contributed by atoms with Gasteiger partial charge < -0.3 is 9.64 Å². The van der Waals surface area contributed by atoms with Gasteiger partial charge in [0.05, 0.1) is 7.11 Å². The van der Waals surface area contributed by atoms with E-state index in [-0.39, 0.29) is 18.3 Å². The first-order valence-corrected chi connectivity index (χ1v) is 5.41. The molecule has 0 spiro atoms. The van der Waals surface area contributed by atoms with Gasteiger partial charge in [-0.3, -0.25) is 9.59 Å². The SMILES string of the molecule is COC(=O)CN(C)c1cc(Cl)cc(C(C)=O)c1. The molecule has 0 aromatic heterocycles. The largest absolute Gasteiger partial charge is 0.468 e. The summed E-state index contributed by atoms with van der Waals surface area (Å²) in [7, 11) is 3.06. The zero-order valence-corrected chi connectivity index (χ0v) is 10.7. The zero-order chi connectivity index (χ0) is 13.0. The van der Waals surface area contributed by atoms with Crippen LogP contribution >= 0.6 is 11.6 Å². The summed E-state index contributed by atoms with van der Waals surface area (Å²) >= 11 is 5.91. The van der Waals surface area contributed by atoms with E-state index < -0.39 is 0 Å². The molecule has 0 radical (unpaired) electrons. The molecule has 0 saturated carbocycles. The van der Waals surface area contributed by atoms with Crippen molar-refractivity contribution in [3.63, 3.8) is 0 Å². The van der Waals surface area contributed by atoms with Gasteiger partial charge in [0.1, 0.15) is 6.54 Å². The van der Waals surface area contributed by atoms with Gasteiger partial charge >= 0.3 is 5.97 Å². The fourth-order valence-electron chi connectivity index (χ4n) is 1.35. The van der Waals surface area contributed by atoms with Crippen molar-refractivity contribution in [2.45, 2.75) is 6.92 Å². The Bertz CT molecular complexity index is 445. The number of likely N-dealkylation sites (N-methyl/N-ethyl adjacent to an activating group) is 1. The third kappa shape index (κ3) is 3.75. The van der Waals surface area contributed by atoms with Crippen LogP contribution in [-0.2, 0) is 9.53 Å². The summed E-state index contributed by atoms with van der Waals surface area (Å²) in [6.45, 7) is 1.57. The Hall–Kier alpha value is -1.55. The van der Waals surface area contributed by atoms with Crippen LogP contribution in [0.2, 0.25) is 5.02 Å². The molecule has 0 unspecified atom stereocenters. The predicted molar refractivity (Wildman–Crippen MR) is 66.7 cm³/mol. The molecule has 1 aromatic carbocycles. The lowest BCUT2D eigenvalue weighted by Gasteiger charge is -2.18. The van der Waals surface area contributed by atoms with Gasteiger partial charge in [0.2, 0.25) is 0 Å². The summed E-state index contributed by atoms with van der Waals surface area (Å²) in [5.41, 5.74) is 1.22. The maximum atomic E-state index is 11.3. The average molecular weight is 256 g/mol. The van der Waals surface area contributed by atoms with Gasteiger partial charge in [0.15, 0.2) is 5.78 Å². The van der Waals surface area contributed by atoms with Crippen LogP contribution in [0.3, 0.4) is 0 Å². The van der Waals surface area contributed by atoms with Crippen LogP contribution in [0.5, 0.6) is 0 Å². The molecule has 0 bridgehead atoms. The molecule has 0 heterocycles. The molecule has 17 heavy (non-hydrogen) atoms. The number of hydrogen-bond acceptors (Lipinski definition) is 4. The van der Waals surface area contributed by atoms with Crippen LogP contribution in [0.1, 0.15) is 17.3 Å². The van der Waals surface area contributed by atoms with Crippen molar-refractivity contribution in [1.82, 2.24) is 0 Å². The fraction of sp³-hybridized carbons (Fsp3) is 0.333. The Kier molecular flexibility index (Phi) is 4.52. The Morgan fingerprint density at radius 1 is 1.35 bits per heavy atom. The van der Waals surface area contributed by atoms with Gasteiger partial charge in [-0.05, 0) is 25.1 Å². The lowest BCUT2D eigenvalue weighted by Crippen LogP contribution is -2.26. The Labute approximate surface area is 105 Å². The second-order valence-corrected chi connectivity index (χ2v) is 4.12. The fourth-order valence-corrected chi connectivity index (χ4v) is 1.58. The third-order valence-corrected chi connectivity index (χ3v) is 2.54. The smallest absolute Gasteiger partial charge is 0.325 e. The molecular weight excluding hydrogens is 242 g/mol. The van der Waals surface area contributed by atoms with Crippen molar-refractivity contribution in [3.05, 3.63) is 28.8 Å². The Balaban J connectivity index is 2.97. The Morgan fingerprint density at radius 2 is 2.00 bits per heavy atom. The number of Topliss-reactive ketones (excluding diaryl/α,β-unsaturated/α-hetero) is 1. The molecule has 0 aliphatic carbocycles. The number of anilines is 1. The van der Waals surface area contributed by atoms with E-state index in [1.165, 1.54) is 14.0 Å². The lowest BCUT2D eigenvalue weighted by atomic mass is 10.1. The van der Waals surface area contributed by atoms with E-state index in [9.17, 15) is 9.59 Å². The van der Waals surface area contributed by atoms with Gasteiger partial charge in [0, 0.05) is 23.3 Å². The summed E-state index contributed by atoms with van der Waals surface area (Å²) < 4.78 is 4.57. The molecule has 0 atom stereocenters. The number of benzene rings is 1. The van der Waals surface area contributed by atoms with Crippen LogP contribution in [0, 0.1) is 0 Å². The summed E-state index contributed by atoms with van der Waals surface area (Å²) in [4.78, 5) is 24.1. The van der Waals surface area contributed by atoms with Crippen molar-refractivity contribution in [2.75, 3.05) is 25.6 Å². The lowest BCUT2D eigenvalue weighted by molar-refractivity contribution is -0.138. The number of nitrogens with zero attached hydrogens (tertiary/aromatic N) is 1. The van der Waals surface area contributed by atoms with Crippen LogP contribution in [0.4, 0.5) is 5.69 Å². The second kappa shape index (κ2) is 5.68. The highest BCUT2D eigenvalue weighted by atomic mass is 35.5. The number of carbonyl (C=O) groups excluding carboxylic acids is 2. The normalized spacial score (nSPS) is 9.88. The van der Waals surface area contributed by atoms with Crippen molar-refractivity contribution in [2.24, 2.45) is 0 Å². The van der Waals surface area contributed by atoms with Crippen molar-refractivity contribution in [1.29, 1.82) is 0 Å². The highest BCUT2D eigenvalue weighted by Crippen LogP contribution is 2.22. The number of methoxy groups -OCH3 is 1. The number of halogens is 1. The minimum absolute atomic E-state index is 0.0692. The minimum Gasteiger partial charge on any atom is -0.468 e. The summed E-state index contributed by atoms with van der Waals surface area (Å²) in [5.74, 6) is -0.419. The second-order valence-electron chi connectivity index (χ2n) is 3.69.